The van der Waals surface area contributed by atoms with Crippen molar-refractivity contribution in [3.8, 4) is 5.75 Å². The average Bonchev–Trinajstić information content (AvgIpc) is 2.88. The first-order valence-electron chi connectivity index (χ1n) is 6.73. The van der Waals surface area contributed by atoms with E-state index < -0.39 is 0 Å². The predicted octanol–water partition coefficient (Wildman–Crippen LogP) is 3.82. The Labute approximate surface area is 127 Å². The Morgan fingerprint density at radius 3 is 3.00 bits per heavy atom. The maximum Gasteiger partial charge on any atom is 0.174 e. The van der Waals surface area contributed by atoms with Crippen molar-refractivity contribution in [3.63, 3.8) is 0 Å². The number of aromatic nitrogens is 1. The number of halogens is 1. The third-order valence-electron chi connectivity index (χ3n) is 2.86. The van der Waals surface area contributed by atoms with Gasteiger partial charge in [-0.1, -0.05) is 34.1 Å². The van der Waals surface area contributed by atoms with E-state index in [4.69, 9.17) is 9.26 Å². The molecule has 5 heteroatoms. The van der Waals surface area contributed by atoms with E-state index in [1.807, 2.05) is 31.2 Å². The van der Waals surface area contributed by atoms with Crippen molar-refractivity contribution < 1.29 is 9.26 Å². The molecule has 1 heterocycles. The molecule has 0 bridgehead atoms. The zero-order valence-corrected chi connectivity index (χ0v) is 13.4. The first kappa shape index (κ1) is 15.1. The number of ether oxygens (including phenoxy) is 1. The first-order chi connectivity index (χ1) is 9.69. The highest BCUT2D eigenvalue weighted by Crippen LogP contribution is 2.23. The topological polar surface area (TPSA) is 47.3 Å². The van der Waals surface area contributed by atoms with Gasteiger partial charge in [-0.25, -0.2) is 0 Å². The van der Waals surface area contributed by atoms with Gasteiger partial charge in [-0.2, -0.15) is 0 Å². The Hall–Kier alpha value is -1.33. The number of nitrogens with one attached hydrogen (secondary N) is 1. The number of hydrogen-bond donors (Lipinski definition) is 1. The zero-order chi connectivity index (χ0) is 14.4. The highest BCUT2D eigenvalue weighted by molar-refractivity contribution is 9.10. The lowest BCUT2D eigenvalue weighted by atomic mass is 10.2. The molecule has 0 amide bonds. The summed E-state index contributed by atoms with van der Waals surface area (Å²) in [6.07, 6.45) is 1.11. The van der Waals surface area contributed by atoms with Crippen LogP contribution in [0.15, 0.2) is 33.3 Å². The van der Waals surface area contributed by atoms with E-state index >= 15 is 0 Å². The van der Waals surface area contributed by atoms with Crippen LogP contribution >= 0.6 is 15.9 Å². The Morgan fingerprint density at radius 2 is 2.20 bits per heavy atom. The molecule has 0 aliphatic heterocycles. The second-order valence-electron chi connectivity index (χ2n) is 4.66. The molecule has 1 aromatic heterocycles. The molecule has 108 valence electrons. The molecule has 0 aliphatic carbocycles. The predicted molar refractivity (Wildman–Crippen MR) is 81.7 cm³/mol. The van der Waals surface area contributed by atoms with E-state index in [0.29, 0.717) is 6.61 Å². The lowest BCUT2D eigenvalue weighted by Gasteiger charge is -2.07. The fourth-order valence-electron chi connectivity index (χ4n) is 1.78. The number of aryl methyl sites for hydroxylation is 1. The first-order valence-corrected chi connectivity index (χ1v) is 7.52. The summed E-state index contributed by atoms with van der Waals surface area (Å²) in [5.74, 6) is 1.58. The fourth-order valence-corrected chi connectivity index (χ4v) is 2.12. The van der Waals surface area contributed by atoms with Crippen LogP contribution in [0.25, 0.3) is 0 Å². The number of nitrogens with zero attached hydrogens (tertiary/aromatic N) is 1. The van der Waals surface area contributed by atoms with Gasteiger partial charge in [-0.05, 0) is 37.6 Å². The van der Waals surface area contributed by atoms with Gasteiger partial charge in [0, 0.05) is 17.1 Å². The van der Waals surface area contributed by atoms with Gasteiger partial charge in [0.05, 0.1) is 5.69 Å². The maximum absolute atomic E-state index is 5.76. The Morgan fingerprint density at radius 1 is 1.35 bits per heavy atom. The summed E-state index contributed by atoms with van der Waals surface area (Å²) in [7, 11) is 0. The summed E-state index contributed by atoms with van der Waals surface area (Å²) in [6, 6.07) is 7.89. The Balaban J connectivity index is 1.89. The van der Waals surface area contributed by atoms with Gasteiger partial charge in [0.1, 0.15) is 12.4 Å². The minimum Gasteiger partial charge on any atom is -0.485 e. The van der Waals surface area contributed by atoms with Crippen molar-refractivity contribution in [3.05, 3.63) is 45.8 Å². The van der Waals surface area contributed by atoms with E-state index in [9.17, 15) is 0 Å². The summed E-state index contributed by atoms with van der Waals surface area (Å²) in [4.78, 5) is 0. The van der Waals surface area contributed by atoms with E-state index in [2.05, 4.69) is 33.3 Å². The fraction of sp³-hybridized carbons (Fsp3) is 0.400. The van der Waals surface area contributed by atoms with Crippen molar-refractivity contribution in [1.82, 2.24) is 10.5 Å². The number of rotatable bonds is 7. The minimum atomic E-state index is 0.387. The number of hydrogen-bond acceptors (Lipinski definition) is 4. The van der Waals surface area contributed by atoms with Crippen molar-refractivity contribution >= 4 is 15.9 Å². The second-order valence-corrected chi connectivity index (χ2v) is 5.58. The molecular weight excluding hydrogens is 320 g/mol. The summed E-state index contributed by atoms with van der Waals surface area (Å²) < 4.78 is 12.0. The third-order valence-corrected chi connectivity index (χ3v) is 3.35. The molecule has 2 rings (SSSR count). The molecule has 0 fully saturated rings. The molecule has 20 heavy (non-hydrogen) atoms. The van der Waals surface area contributed by atoms with Gasteiger partial charge in [0.2, 0.25) is 0 Å². The van der Waals surface area contributed by atoms with E-state index in [0.717, 1.165) is 46.8 Å². The van der Waals surface area contributed by atoms with Gasteiger partial charge in [-0.3, -0.25) is 0 Å². The lowest BCUT2D eigenvalue weighted by molar-refractivity contribution is 0.247. The Kier molecular flexibility index (Phi) is 5.61. The summed E-state index contributed by atoms with van der Waals surface area (Å²) in [5, 5.41) is 7.30. The average molecular weight is 339 g/mol. The molecule has 4 nitrogen and oxygen atoms in total. The lowest BCUT2D eigenvalue weighted by Crippen LogP contribution is -2.13. The third kappa shape index (κ3) is 4.35. The molecule has 0 unspecified atom stereocenters. The van der Waals surface area contributed by atoms with Gasteiger partial charge in [0.15, 0.2) is 5.76 Å². The normalized spacial score (nSPS) is 10.8. The maximum atomic E-state index is 5.76. The summed E-state index contributed by atoms with van der Waals surface area (Å²) in [5.41, 5.74) is 2.00. The van der Waals surface area contributed by atoms with Crippen LogP contribution in [-0.2, 0) is 13.2 Å². The highest BCUT2D eigenvalue weighted by Gasteiger charge is 2.06. The molecule has 2 aromatic rings. The highest BCUT2D eigenvalue weighted by atomic mass is 79.9. The SMILES string of the molecule is CCCNCc1cc(COc2cc(Br)ccc2C)on1. The molecule has 0 saturated carbocycles. The van der Waals surface area contributed by atoms with Crippen LogP contribution in [-0.4, -0.2) is 11.7 Å². The minimum absolute atomic E-state index is 0.387. The van der Waals surface area contributed by atoms with E-state index in [1.54, 1.807) is 0 Å². The molecule has 0 radical (unpaired) electrons. The van der Waals surface area contributed by atoms with Crippen LogP contribution in [0.2, 0.25) is 0 Å². The van der Waals surface area contributed by atoms with Crippen LogP contribution in [0.3, 0.4) is 0 Å². The number of benzene rings is 1. The van der Waals surface area contributed by atoms with Crippen molar-refractivity contribution in [2.75, 3.05) is 6.54 Å². The summed E-state index contributed by atoms with van der Waals surface area (Å²) in [6.45, 7) is 6.25. The van der Waals surface area contributed by atoms with Crippen LogP contribution in [0.4, 0.5) is 0 Å². The zero-order valence-electron chi connectivity index (χ0n) is 11.8. The monoisotopic (exact) mass is 338 g/mol. The van der Waals surface area contributed by atoms with Gasteiger partial charge in [0.25, 0.3) is 0 Å². The molecule has 0 spiro atoms. The van der Waals surface area contributed by atoms with E-state index in [1.165, 1.54) is 0 Å². The van der Waals surface area contributed by atoms with Crippen molar-refractivity contribution in [2.45, 2.75) is 33.4 Å². The van der Waals surface area contributed by atoms with E-state index in [-0.39, 0.29) is 0 Å². The molecule has 0 saturated heterocycles. The Bertz CT molecular complexity index is 555. The van der Waals surface area contributed by atoms with Crippen molar-refractivity contribution in [1.29, 1.82) is 0 Å². The van der Waals surface area contributed by atoms with Gasteiger partial charge >= 0.3 is 0 Å². The quantitative estimate of drug-likeness (QED) is 0.779. The molecule has 1 aromatic carbocycles. The van der Waals surface area contributed by atoms with Crippen molar-refractivity contribution in [2.24, 2.45) is 0 Å². The molecular formula is C15H19BrN2O2. The largest absolute Gasteiger partial charge is 0.485 e. The molecule has 0 aliphatic rings. The smallest absolute Gasteiger partial charge is 0.174 e. The van der Waals surface area contributed by atoms with Crippen LogP contribution in [0, 0.1) is 6.92 Å². The van der Waals surface area contributed by atoms with Gasteiger partial charge < -0.3 is 14.6 Å². The standard InChI is InChI=1S/C15H19BrN2O2/c1-3-6-17-9-13-8-14(20-18-13)10-19-15-7-12(16)5-4-11(15)2/h4-5,7-8,17H,3,6,9-10H2,1-2H3. The van der Waals surface area contributed by atoms with Crippen LogP contribution < -0.4 is 10.1 Å². The second kappa shape index (κ2) is 7.45. The molecule has 1 N–H and O–H groups in total. The van der Waals surface area contributed by atoms with Gasteiger partial charge in [-0.15, -0.1) is 0 Å². The molecule has 0 atom stereocenters. The van der Waals surface area contributed by atoms with Crippen LogP contribution in [0.1, 0.15) is 30.4 Å². The summed E-state index contributed by atoms with van der Waals surface area (Å²) >= 11 is 3.44. The van der Waals surface area contributed by atoms with Crippen LogP contribution in [0.5, 0.6) is 5.75 Å².